The highest BCUT2D eigenvalue weighted by atomic mass is 32.2. The lowest BCUT2D eigenvalue weighted by atomic mass is 10.3. The molecule has 112 valence electrons. The van der Waals surface area contributed by atoms with E-state index >= 15 is 0 Å². The zero-order chi connectivity index (χ0) is 15.6. The maximum absolute atomic E-state index is 12.4. The van der Waals surface area contributed by atoms with Crippen molar-refractivity contribution < 1.29 is 13.3 Å². The normalized spacial score (nSPS) is 11.7. The van der Waals surface area contributed by atoms with Gasteiger partial charge in [-0.05, 0) is 12.1 Å². The maximum atomic E-state index is 12.4. The van der Waals surface area contributed by atoms with Gasteiger partial charge in [-0.3, -0.25) is 10.1 Å². The number of rotatable bonds is 5. The molecule has 2 rings (SSSR count). The molecule has 2 aromatic rings. The average molecular weight is 311 g/mol. The molecule has 3 N–H and O–H groups in total. The number of aromatic nitrogens is 2. The average Bonchev–Trinajstić information content (AvgIpc) is 2.91. The molecule has 0 aliphatic heterocycles. The molecule has 0 bridgehead atoms. The van der Waals surface area contributed by atoms with Crippen molar-refractivity contribution >= 4 is 21.4 Å². The molecule has 0 atom stereocenters. The molecule has 0 aliphatic rings. The Kier molecular flexibility index (Phi) is 3.91. The minimum Gasteiger partial charge on any atom is -0.393 e. The van der Waals surface area contributed by atoms with Gasteiger partial charge >= 0.3 is 0 Å². The molecule has 9 nitrogen and oxygen atoms in total. The molecule has 0 fully saturated rings. The predicted molar refractivity (Wildman–Crippen MR) is 74.7 cm³/mol. The number of nitrogen functional groups attached to an aromatic ring is 1. The molecular formula is C11H13N5O4S. The summed E-state index contributed by atoms with van der Waals surface area (Å²) in [5.41, 5.74) is 4.92. The maximum Gasteiger partial charge on any atom is 0.293 e. The second kappa shape index (κ2) is 5.50. The SMILES string of the molecule is CN(Cc1ncc[nH]1)S(=O)(=O)c1ccc(N)c([N+](=O)[O-])c1. The molecule has 1 aromatic heterocycles. The second-order valence-electron chi connectivity index (χ2n) is 4.27. The number of aromatic amines is 1. The highest BCUT2D eigenvalue weighted by Gasteiger charge is 2.25. The highest BCUT2D eigenvalue weighted by Crippen LogP contribution is 2.26. The lowest BCUT2D eigenvalue weighted by Crippen LogP contribution is -2.27. The third kappa shape index (κ3) is 3.01. The minimum atomic E-state index is -3.87. The number of anilines is 1. The summed E-state index contributed by atoms with van der Waals surface area (Å²) in [5.74, 6) is 0.464. The summed E-state index contributed by atoms with van der Waals surface area (Å²) in [7, 11) is -2.51. The molecule has 0 saturated carbocycles. The Bertz CT molecular complexity index is 757. The molecule has 0 amide bonds. The Morgan fingerprint density at radius 3 is 2.76 bits per heavy atom. The van der Waals surface area contributed by atoms with Crippen LogP contribution in [0.2, 0.25) is 0 Å². The summed E-state index contributed by atoms with van der Waals surface area (Å²) >= 11 is 0. The molecule has 0 radical (unpaired) electrons. The fourth-order valence-corrected chi connectivity index (χ4v) is 2.86. The fourth-order valence-electron chi connectivity index (χ4n) is 1.70. The number of nitrogens with one attached hydrogen (secondary N) is 1. The minimum absolute atomic E-state index is 0.0213. The van der Waals surface area contributed by atoms with E-state index in [0.29, 0.717) is 5.82 Å². The van der Waals surface area contributed by atoms with Gasteiger partial charge in [-0.15, -0.1) is 0 Å². The third-order valence-corrected chi connectivity index (χ3v) is 4.63. The van der Waals surface area contributed by atoms with Gasteiger partial charge in [0.05, 0.1) is 16.4 Å². The van der Waals surface area contributed by atoms with Gasteiger partial charge in [-0.25, -0.2) is 13.4 Å². The van der Waals surface area contributed by atoms with Gasteiger partial charge in [0.2, 0.25) is 10.0 Å². The van der Waals surface area contributed by atoms with Crippen LogP contribution in [-0.4, -0.2) is 34.7 Å². The lowest BCUT2D eigenvalue weighted by molar-refractivity contribution is -0.384. The highest BCUT2D eigenvalue weighted by molar-refractivity contribution is 7.89. The summed E-state index contributed by atoms with van der Waals surface area (Å²) in [4.78, 5) is 16.6. The summed E-state index contributed by atoms with van der Waals surface area (Å²) in [6.45, 7) is 0.0213. The van der Waals surface area contributed by atoms with Crippen molar-refractivity contribution in [1.82, 2.24) is 14.3 Å². The Morgan fingerprint density at radius 1 is 1.48 bits per heavy atom. The monoisotopic (exact) mass is 311 g/mol. The van der Waals surface area contributed by atoms with Gasteiger partial charge in [-0.2, -0.15) is 4.31 Å². The number of nitrogens with two attached hydrogens (primary N) is 1. The number of hydrogen-bond donors (Lipinski definition) is 2. The zero-order valence-electron chi connectivity index (χ0n) is 11.1. The molecule has 1 heterocycles. The van der Waals surface area contributed by atoms with Crippen LogP contribution in [0.25, 0.3) is 0 Å². The van der Waals surface area contributed by atoms with Crippen LogP contribution in [0.3, 0.4) is 0 Å². The molecule has 0 unspecified atom stereocenters. The van der Waals surface area contributed by atoms with Crippen molar-refractivity contribution in [3.05, 3.63) is 46.5 Å². The number of benzene rings is 1. The Morgan fingerprint density at radius 2 is 2.19 bits per heavy atom. The van der Waals surface area contributed by atoms with E-state index in [9.17, 15) is 18.5 Å². The summed E-state index contributed by atoms with van der Waals surface area (Å²) in [5, 5.41) is 10.8. The van der Waals surface area contributed by atoms with Gasteiger partial charge in [0.15, 0.2) is 0 Å². The number of nitro benzene ring substituents is 1. The zero-order valence-corrected chi connectivity index (χ0v) is 11.9. The summed E-state index contributed by atoms with van der Waals surface area (Å²) in [6, 6.07) is 3.38. The first kappa shape index (κ1) is 14.9. The van der Waals surface area contributed by atoms with Crippen molar-refractivity contribution in [3.8, 4) is 0 Å². The molecular weight excluding hydrogens is 298 g/mol. The van der Waals surface area contributed by atoms with E-state index in [1.807, 2.05) is 0 Å². The summed E-state index contributed by atoms with van der Waals surface area (Å²) < 4.78 is 25.8. The van der Waals surface area contributed by atoms with E-state index in [-0.39, 0.29) is 17.1 Å². The van der Waals surface area contributed by atoms with Crippen molar-refractivity contribution in [2.45, 2.75) is 11.4 Å². The summed E-state index contributed by atoms with van der Waals surface area (Å²) in [6.07, 6.45) is 3.08. The van der Waals surface area contributed by atoms with Crippen molar-refractivity contribution in [3.63, 3.8) is 0 Å². The first-order chi connectivity index (χ1) is 9.82. The van der Waals surface area contributed by atoms with E-state index in [0.717, 1.165) is 10.4 Å². The first-order valence-electron chi connectivity index (χ1n) is 5.81. The Hall–Kier alpha value is -2.46. The van der Waals surface area contributed by atoms with Gasteiger partial charge in [0, 0.05) is 25.5 Å². The third-order valence-electron chi connectivity index (χ3n) is 2.83. The number of sulfonamides is 1. The number of nitro groups is 1. The van der Waals surface area contributed by atoms with Gasteiger partial charge < -0.3 is 10.7 Å². The van der Waals surface area contributed by atoms with Crippen LogP contribution >= 0.6 is 0 Å². The van der Waals surface area contributed by atoms with Crippen LogP contribution in [0.15, 0.2) is 35.5 Å². The number of H-pyrrole nitrogens is 1. The van der Waals surface area contributed by atoms with Crippen molar-refractivity contribution in [1.29, 1.82) is 0 Å². The smallest absolute Gasteiger partial charge is 0.293 e. The lowest BCUT2D eigenvalue weighted by Gasteiger charge is -2.16. The molecule has 0 spiro atoms. The van der Waals surface area contributed by atoms with E-state index in [1.54, 1.807) is 6.20 Å². The Labute approximate surface area is 120 Å². The predicted octanol–water partition coefficient (Wildman–Crippen LogP) is 0.721. The topological polar surface area (TPSA) is 135 Å². The van der Waals surface area contributed by atoms with Crippen LogP contribution in [0.5, 0.6) is 0 Å². The second-order valence-corrected chi connectivity index (χ2v) is 6.32. The van der Waals surface area contributed by atoms with Crippen LogP contribution in [0.1, 0.15) is 5.82 Å². The van der Waals surface area contributed by atoms with Crippen molar-refractivity contribution in [2.24, 2.45) is 0 Å². The van der Waals surface area contributed by atoms with Crippen LogP contribution < -0.4 is 5.73 Å². The molecule has 10 heteroatoms. The van der Waals surface area contributed by atoms with E-state index in [1.165, 1.54) is 25.4 Å². The molecule has 0 aliphatic carbocycles. The van der Waals surface area contributed by atoms with Gasteiger partial charge in [0.25, 0.3) is 5.69 Å². The van der Waals surface area contributed by atoms with E-state index in [2.05, 4.69) is 9.97 Å². The van der Waals surface area contributed by atoms with Crippen LogP contribution in [0.4, 0.5) is 11.4 Å². The Balaban J connectivity index is 2.35. The first-order valence-corrected chi connectivity index (χ1v) is 7.25. The van der Waals surface area contributed by atoms with Gasteiger partial charge in [-0.1, -0.05) is 0 Å². The standard InChI is InChI=1S/C11H13N5O4S/c1-15(7-11-13-4-5-14-11)21(19,20)8-2-3-9(12)10(6-8)16(17)18/h2-6H,7,12H2,1H3,(H,13,14). The van der Waals surface area contributed by atoms with Crippen LogP contribution in [0, 0.1) is 10.1 Å². The molecule has 0 saturated heterocycles. The molecule has 1 aromatic carbocycles. The van der Waals surface area contributed by atoms with Crippen molar-refractivity contribution in [2.75, 3.05) is 12.8 Å². The number of nitrogens with zero attached hydrogens (tertiary/aromatic N) is 3. The van der Waals surface area contributed by atoms with E-state index < -0.39 is 20.6 Å². The van der Waals surface area contributed by atoms with Crippen LogP contribution in [-0.2, 0) is 16.6 Å². The fraction of sp³-hybridized carbons (Fsp3) is 0.182. The largest absolute Gasteiger partial charge is 0.393 e. The van der Waals surface area contributed by atoms with E-state index in [4.69, 9.17) is 5.73 Å². The quantitative estimate of drug-likeness (QED) is 0.474. The molecule has 21 heavy (non-hydrogen) atoms. The number of imidazole rings is 1. The number of hydrogen-bond acceptors (Lipinski definition) is 6. The van der Waals surface area contributed by atoms with Gasteiger partial charge in [0.1, 0.15) is 11.5 Å².